The van der Waals surface area contributed by atoms with Gasteiger partial charge >= 0.3 is 12.2 Å². The number of amides is 3. The molecule has 9 nitrogen and oxygen atoms in total. The second-order valence-electron chi connectivity index (χ2n) is 8.87. The Kier molecular flexibility index (Phi) is 7.89. The Morgan fingerprint density at radius 3 is 2.13 bits per heavy atom. The smallest absolute Gasteiger partial charge is 0.434 e. The topological polar surface area (TPSA) is 88.6 Å². The van der Waals surface area contributed by atoms with Gasteiger partial charge in [-0.1, -0.05) is 18.2 Å². The first kappa shape index (κ1) is 24.5. The molecule has 1 aromatic rings. The van der Waals surface area contributed by atoms with Crippen molar-refractivity contribution < 1.29 is 28.7 Å². The number of methoxy groups -OCH3 is 1. The molecular weight excluding hydrogens is 402 g/mol. The number of rotatable bonds is 4. The molecule has 1 aliphatic heterocycles. The maximum Gasteiger partial charge on any atom is 0.434 e. The van der Waals surface area contributed by atoms with Crippen LogP contribution in [0.5, 0.6) is 0 Å². The van der Waals surface area contributed by atoms with E-state index < -0.39 is 23.2 Å². The molecular formula is C22H33N3O6. The van der Waals surface area contributed by atoms with E-state index in [4.69, 9.17) is 14.3 Å². The molecule has 172 valence electrons. The third-order valence-electron chi connectivity index (χ3n) is 4.96. The number of hydroxylamine groups is 1. The van der Waals surface area contributed by atoms with E-state index in [2.05, 4.69) is 0 Å². The number of carbonyl (C=O) groups is 3. The number of piperidine rings is 1. The molecule has 0 spiro atoms. The lowest BCUT2D eigenvalue weighted by Gasteiger charge is -2.42. The summed E-state index contributed by atoms with van der Waals surface area (Å²) in [5.41, 5.74) is -1.11. The molecule has 0 bridgehead atoms. The van der Waals surface area contributed by atoms with Gasteiger partial charge in [-0.2, -0.15) is 0 Å². The fourth-order valence-electron chi connectivity index (χ4n) is 3.29. The maximum atomic E-state index is 13.7. The first-order valence-corrected chi connectivity index (χ1v) is 10.2. The molecule has 0 atom stereocenters. The number of anilines is 1. The van der Waals surface area contributed by atoms with E-state index in [-0.39, 0.29) is 12.5 Å². The molecule has 0 N–H and O–H groups in total. The molecule has 0 unspecified atom stereocenters. The molecule has 0 aromatic heterocycles. The summed E-state index contributed by atoms with van der Waals surface area (Å²) in [6.07, 6.45) is -0.385. The number of likely N-dealkylation sites (tertiary alicyclic amines) is 1. The van der Waals surface area contributed by atoms with Crippen molar-refractivity contribution >= 4 is 23.8 Å². The van der Waals surface area contributed by atoms with Gasteiger partial charge in [0.1, 0.15) is 5.60 Å². The van der Waals surface area contributed by atoms with Crippen LogP contribution in [0.4, 0.5) is 15.3 Å². The zero-order chi connectivity index (χ0) is 23.2. The standard InChI is InChI=1S/C22H33N3O6/c1-21(2,3)30-20(28)24-14-12-22(13-15-24,16-29-6)18(26)25(31-19(27)23(4)5)17-10-8-7-9-11-17/h7-11H,12-16H2,1-6H3. The Morgan fingerprint density at radius 1 is 1.06 bits per heavy atom. The Labute approximate surface area is 183 Å². The number of carbonyl (C=O) groups excluding carboxylic acids is 3. The number of ether oxygens (including phenoxy) is 2. The average molecular weight is 436 g/mol. The van der Waals surface area contributed by atoms with Gasteiger partial charge in [-0.3, -0.25) is 4.79 Å². The minimum atomic E-state index is -0.949. The molecule has 3 amide bonds. The Bertz CT molecular complexity index is 767. The maximum absolute atomic E-state index is 13.7. The van der Waals surface area contributed by atoms with Crippen molar-refractivity contribution in [2.45, 2.75) is 39.2 Å². The molecule has 0 aliphatic carbocycles. The molecule has 1 saturated heterocycles. The summed E-state index contributed by atoms with van der Waals surface area (Å²) in [5, 5.41) is 1.03. The number of benzene rings is 1. The summed E-state index contributed by atoms with van der Waals surface area (Å²) < 4.78 is 10.8. The molecule has 0 saturated carbocycles. The summed E-state index contributed by atoms with van der Waals surface area (Å²) in [6, 6.07) is 8.71. The Balaban J connectivity index is 2.26. The van der Waals surface area contributed by atoms with Gasteiger partial charge in [-0.15, -0.1) is 5.06 Å². The van der Waals surface area contributed by atoms with Crippen molar-refractivity contribution in [1.29, 1.82) is 0 Å². The number of hydrogen-bond donors (Lipinski definition) is 0. The van der Waals surface area contributed by atoms with Crippen LogP contribution in [-0.4, -0.2) is 74.4 Å². The fourth-order valence-corrected chi connectivity index (χ4v) is 3.29. The quantitative estimate of drug-likeness (QED) is 0.675. The lowest BCUT2D eigenvalue weighted by molar-refractivity contribution is -0.141. The van der Waals surface area contributed by atoms with Gasteiger partial charge < -0.3 is 24.1 Å². The van der Waals surface area contributed by atoms with Crippen LogP contribution in [0.2, 0.25) is 0 Å². The summed E-state index contributed by atoms with van der Waals surface area (Å²) in [7, 11) is 4.61. The molecule has 31 heavy (non-hydrogen) atoms. The van der Waals surface area contributed by atoms with E-state index in [9.17, 15) is 14.4 Å². The third kappa shape index (κ3) is 6.33. The van der Waals surface area contributed by atoms with Gasteiger partial charge in [0.15, 0.2) is 0 Å². The van der Waals surface area contributed by atoms with E-state index in [0.717, 1.165) is 5.06 Å². The van der Waals surface area contributed by atoms with E-state index in [1.165, 1.54) is 12.0 Å². The highest BCUT2D eigenvalue weighted by atomic mass is 16.7. The van der Waals surface area contributed by atoms with Crippen LogP contribution in [0.3, 0.4) is 0 Å². The van der Waals surface area contributed by atoms with Crippen LogP contribution in [0, 0.1) is 5.41 Å². The van der Waals surface area contributed by atoms with Crippen LogP contribution in [0.1, 0.15) is 33.6 Å². The van der Waals surface area contributed by atoms with Crippen molar-refractivity contribution in [1.82, 2.24) is 9.80 Å². The second-order valence-corrected chi connectivity index (χ2v) is 8.87. The average Bonchev–Trinajstić information content (AvgIpc) is 2.71. The Hall–Kier alpha value is -2.81. The number of hydrogen-bond acceptors (Lipinski definition) is 6. The van der Waals surface area contributed by atoms with E-state index in [0.29, 0.717) is 31.6 Å². The summed E-state index contributed by atoms with van der Waals surface area (Å²) in [5.74, 6) is -0.389. The largest absolute Gasteiger partial charge is 0.444 e. The third-order valence-corrected chi connectivity index (χ3v) is 4.96. The van der Waals surface area contributed by atoms with Crippen LogP contribution in [-0.2, 0) is 19.1 Å². The molecule has 1 aromatic carbocycles. The van der Waals surface area contributed by atoms with E-state index >= 15 is 0 Å². The predicted octanol–water partition coefficient (Wildman–Crippen LogP) is 3.30. The van der Waals surface area contributed by atoms with Crippen molar-refractivity contribution in [3.63, 3.8) is 0 Å². The molecule has 1 heterocycles. The number of para-hydroxylation sites is 1. The van der Waals surface area contributed by atoms with Gasteiger partial charge in [0, 0.05) is 34.3 Å². The van der Waals surface area contributed by atoms with Crippen LogP contribution in [0.15, 0.2) is 30.3 Å². The van der Waals surface area contributed by atoms with Gasteiger partial charge in [-0.05, 0) is 45.7 Å². The molecule has 2 rings (SSSR count). The van der Waals surface area contributed by atoms with Crippen molar-refractivity contribution in [2.75, 3.05) is 46.0 Å². The van der Waals surface area contributed by atoms with Crippen molar-refractivity contribution in [3.05, 3.63) is 30.3 Å². The van der Waals surface area contributed by atoms with E-state index in [1.807, 2.05) is 26.8 Å². The Morgan fingerprint density at radius 2 is 1.65 bits per heavy atom. The van der Waals surface area contributed by atoms with Gasteiger partial charge in [0.2, 0.25) is 0 Å². The highest BCUT2D eigenvalue weighted by Crippen LogP contribution is 2.36. The van der Waals surface area contributed by atoms with Crippen LogP contribution in [0.25, 0.3) is 0 Å². The predicted molar refractivity (Wildman–Crippen MR) is 115 cm³/mol. The first-order valence-electron chi connectivity index (χ1n) is 10.2. The SMILES string of the molecule is COCC1(C(=O)N(OC(=O)N(C)C)c2ccccc2)CCN(C(=O)OC(C)(C)C)CC1. The van der Waals surface area contributed by atoms with Crippen LogP contribution < -0.4 is 5.06 Å². The summed E-state index contributed by atoms with van der Waals surface area (Å²) >= 11 is 0. The van der Waals surface area contributed by atoms with Gasteiger partial charge in [0.05, 0.1) is 17.7 Å². The molecule has 1 aliphatic rings. The normalized spacial score (nSPS) is 15.7. The van der Waals surface area contributed by atoms with E-state index in [1.54, 1.807) is 43.3 Å². The molecule has 0 radical (unpaired) electrons. The molecule has 1 fully saturated rings. The molecule has 9 heteroatoms. The lowest BCUT2D eigenvalue weighted by atomic mass is 9.78. The van der Waals surface area contributed by atoms with Crippen molar-refractivity contribution in [2.24, 2.45) is 5.41 Å². The first-order chi connectivity index (χ1) is 14.5. The summed E-state index contributed by atoms with van der Waals surface area (Å²) in [6.45, 7) is 6.22. The minimum absolute atomic E-state index is 0.136. The minimum Gasteiger partial charge on any atom is -0.444 e. The fraction of sp³-hybridized carbons (Fsp3) is 0.591. The monoisotopic (exact) mass is 435 g/mol. The second kappa shape index (κ2) is 10.00. The summed E-state index contributed by atoms with van der Waals surface area (Å²) in [4.78, 5) is 46.6. The van der Waals surface area contributed by atoms with Crippen molar-refractivity contribution in [3.8, 4) is 0 Å². The highest BCUT2D eigenvalue weighted by molar-refractivity contribution is 5.97. The number of nitrogens with zero attached hydrogens (tertiary/aromatic N) is 3. The van der Waals surface area contributed by atoms with Gasteiger partial charge in [-0.25, -0.2) is 9.59 Å². The highest BCUT2D eigenvalue weighted by Gasteiger charge is 2.47. The van der Waals surface area contributed by atoms with Crippen LogP contribution >= 0.6 is 0 Å². The lowest BCUT2D eigenvalue weighted by Crippen LogP contribution is -2.54. The zero-order valence-electron chi connectivity index (χ0n) is 19.2. The zero-order valence-corrected chi connectivity index (χ0v) is 19.2. The van der Waals surface area contributed by atoms with Gasteiger partial charge in [0.25, 0.3) is 5.91 Å².